The number of nitrogens with zero attached hydrogens (tertiary/aromatic N) is 3. The number of aryl methyl sites for hydroxylation is 1. The quantitative estimate of drug-likeness (QED) is 0.658. The van der Waals surface area contributed by atoms with Gasteiger partial charge in [-0.3, -0.25) is 5.32 Å². The summed E-state index contributed by atoms with van der Waals surface area (Å²) >= 11 is 0. The molecule has 2 amide bonds. The molecule has 1 aromatic heterocycles. The van der Waals surface area contributed by atoms with Crippen LogP contribution < -0.4 is 10.6 Å². The van der Waals surface area contributed by atoms with Gasteiger partial charge in [0.25, 0.3) is 0 Å². The zero-order valence-electron chi connectivity index (χ0n) is 10.4. The fourth-order valence-electron chi connectivity index (χ4n) is 1.46. The number of carbonyl (C=O) groups is 2. The molecule has 0 spiro atoms. The molecule has 0 aliphatic heterocycles. The number of hydrogen-bond acceptors (Lipinski definition) is 5. The first-order valence-corrected chi connectivity index (χ1v) is 5.45. The van der Waals surface area contributed by atoms with E-state index in [4.69, 9.17) is 5.11 Å². The number of rotatable bonds is 3. The monoisotopic (exact) mass is 277 g/mol. The Balaban J connectivity index is 2.07. The van der Waals surface area contributed by atoms with Crippen LogP contribution in [0.3, 0.4) is 0 Å². The van der Waals surface area contributed by atoms with Crippen LogP contribution in [0.25, 0.3) is 0 Å². The summed E-state index contributed by atoms with van der Waals surface area (Å²) in [6.07, 6.45) is 1.28. The van der Waals surface area contributed by atoms with Crippen molar-refractivity contribution in [3.8, 4) is 5.75 Å². The normalized spacial score (nSPS) is 10.1. The predicted molar refractivity (Wildman–Crippen MR) is 68.7 cm³/mol. The highest BCUT2D eigenvalue weighted by molar-refractivity contribution is 5.99. The van der Waals surface area contributed by atoms with E-state index in [1.165, 1.54) is 23.1 Å². The van der Waals surface area contributed by atoms with Crippen molar-refractivity contribution >= 4 is 23.6 Å². The van der Waals surface area contributed by atoms with E-state index in [9.17, 15) is 14.7 Å². The average molecular weight is 277 g/mol. The van der Waals surface area contributed by atoms with Crippen molar-refractivity contribution in [3.63, 3.8) is 0 Å². The second-order valence-corrected chi connectivity index (χ2v) is 3.82. The lowest BCUT2D eigenvalue weighted by molar-refractivity contribution is 0.0694. The number of nitrogens with one attached hydrogen (secondary N) is 2. The molecule has 0 unspecified atom stereocenters. The topological polar surface area (TPSA) is 129 Å². The molecule has 0 fully saturated rings. The van der Waals surface area contributed by atoms with E-state index in [0.29, 0.717) is 0 Å². The van der Waals surface area contributed by atoms with Gasteiger partial charge in [0.1, 0.15) is 17.6 Å². The van der Waals surface area contributed by atoms with E-state index in [0.717, 1.165) is 6.07 Å². The second kappa shape index (κ2) is 5.26. The van der Waals surface area contributed by atoms with Crippen molar-refractivity contribution in [2.24, 2.45) is 7.05 Å². The number of benzene rings is 1. The standard InChI is InChI=1S/C11H11N5O4/c1-16-10(12-5-13-16)15-11(20)14-6-2-3-7(9(18)19)8(17)4-6/h2-5,17H,1H3,(H,18,19)(H2,12,13,14,15,20). The van der Waals surface area contributed by atoms with Crippen LogP contribution in [0.2, 0.25) is 0 Å². The minimum atomic E-state index is -1.25. The highest BCUT2D eigenvalue weighted by Crippen LogP contribution is 2.21. The number of phenols is 1. The first-order chi connectivity index (χ1) is 9.47. The molecule has 104 valence electrons. The fourth-order valence-corrected chi connectivity index (χ4v) is 1.46. The maximum Gasteiger partial charge on any atom is 0.339 e. The van der Waals surface area contributed by atoms with Crippen molar-refractivity contribution in [1.82, 2.24) is 14.8 Å². The molecule has 1 aromatic carbocycles. The van der Waals surface area contributed by atoms with Gasteiger partial charge in [0.05, 0.1) is 0 Å². The molecule has 0 aliphatic carbocycles. The third kappa shape index (κ3) is 2.83. The van der Waals surface area contributed by atoms with E-state index in [1.807, 2.05) is 0 Å². The molecule has 0 bridgehead atoms. The van der Waals surface area contributed by atoms with Crippen molar-refractivity contribution in [2.45, 2.75) is 0 Å². The van der Waals surface area contributed by atoms with E-state index in [2.05, 4.69) is 20.7 Å². The number of urea groups is 1. The van der Waals surface area contributed by atoms with Crippen LogP contribution in [-0.4, -0.2) is 37.0 Å². The van der Waals surface area contributed by atoms with Crippen LogP contribution in [-0.2, 0) is 7.05 Å². The van der Waals surface area contributed by atoms with E-state index >= 15 is 0 Å². The van der Waals surface area contributed by atoms with Crippen molar-refractivity contribution in [1.29, 1.82) is 0 Å². The number of aromatic carboxylic acids is 1. The maximum absolute atomic E-state index is 11.7. The average Bonchev–Trinajstić information content (AvgIpc) is 2.74. The highest BCUT2D eigenvalue weighted by Gasteiger charge is 2.11. The van der Waals surface area contributed by atoms with Gasteiger partial charge >= 0.3 is 12.0 Å². The number of aromatic nitrogens is 3. The van der Waals surface area contributed by atoms with Crippen LogP contribution in [0.1, 0.15) is 10.4 Å². The Morgan fingerprint density at radius 3 is 2.60 bits per heavy atom. The molecule has 0 atom stereocenters. The number of amides is 2. The van der Waals surface area contributed by atoms with E-state index < -0.39 is 17.7 Å². The summed E-state index contributed by atoms with van der Waals surface area (Å²) in [5.74, 6) is -1.44. The smallest absolute Gasteiger partial charge is 0.339 e. The first kappa shape index (κ1) is 13.3. The molecule has 4 N–H and O–H groups in total. The first-order valence-electron chi connectivity index (χ1n) is 5.45. The summed E-state index contributed by atoms with van der Waals surface area (Å²) in [6, 6.07) is 3.10. The third-order valence-corrected chi connectivity index (χ3v) is 2.42. The molecule has 2 aromatic rings. The summed E-state index contributed by atoms with van der Waals surface area (Å²) in [4.78, 5) is 26.2. The lowest BCUT2D eigenvalue weighted by Crippen LogP contribution is -2.21. The van der Waals surface area contributed by atoms with Gasteiger partial charge in [0.2, 0.25) is 5.95 Å². The Morgan fingerprint density at radius 1 is 1.30 bits per heavy atom. The molecule has 9 heteroatoms. The maximum atomic E-state index is 11.7. The van der Waals surface area contributed by atoms with Crippen LogP contribution in [0.5, 0.6) is 5.75 Å². The third-order valence-electron chi connectivity index (χ3n) is 2.42. The van der Waals surface area contributed by atoms with Crippen LogP contribution >= 0.6 is 0 Å². The summed E-state index contributed by atoms with van der Waals surface area (Å²) in [6.45, 7) is 0. The molecule has 0 saturated heterocycles. The molecule has 0 aliphatic rings. The van der Waals surface area contributed by atoms with Crippen LogP contribution in [0, 0.1) is 0 Å². The lowest BCUT2D eigenvalue weighted by atomic mass is 10.2. The fraction of sp³-hybridized carbons (Fsp3) is 0.0909. The molecule has 1 heterocycles. The molecule has 2 rings (SSSR count). The van der Waals surface area contributed by atoms with Gasteiger partial charge in [-0.2, -0.15) is 10.1 Å². The number of carboxylic acid groups (broad SMARTS) is 1. The molecular formula is C11H11N5O4. The van der Waals surface area contributed by atoms with Gasteiger partial charge < -0.3 is 15.5 Å². The lowest BCUT2D eigenvalue weighted by Gasteiger charge is -2.08. The Hall–Kier alpha value is -3.10. The van der Waals surface area contributed by atoms with Gasteiger partial charge in [-0.05, 0) is 12.1 Å². The minimum absolute atomic E-state index is 0.243. The summed E-state index contributed by atoms with van der Waals surface area (Å²) < 4.78 is 1.37. The Bertz CT molecular complexity index is 667. The van der Waals surface area contributed by atoms with Crippen LogP contribution in [0.4, 0.5) is 16.4 Å². The molecule has 20 heavy (non-hydrogen) atoms. The minimum Gasteiger partial charge on any atom is -0.507 e. The Kier molecular flexibility index (Phi) is 3.51. The van der Waals surface area contributed by atoms with Crippen molar-refractivity contribution in [2.75, 3.05) is 10.6 Å². The second-order valence-electron chi connectivity index (χ2n) is 3.82. The van der Waals surface area contributed by atoms with Gasteiger partial charge in [-0.15, -0.1) is 0 Å². The molecule has 0 radical (unpaired) electrons. The van der Waals surface area contributed by atoms with Crippen molar-refractivity contribution in [3.05, 3.63) is 30.1 Å². The number of carboxylic acids is 1. The van der Waals surface area contributed by atoms with Gasteiger partial charge in [-0.1, -0.05) is 0 Å². The summed E-state index contributed by atoms with van der Waals surface area (Å²) in [5, 5.41) is 26.9. The molecule has 0 saturated carbocycles. The van der Waals surface area contributed by atoms with Gasteiger partial charge in [-0.25, -0.2) is 14.3 Å². The summed E-state index contributed by atoms with van der Waals surface area (Å²) in [7, 11) is 1.61. The number of carbonyl (C=O) groups excluding carboxylic acids is 1. The van der Waals surface area contributed by atoms with Crippen LogP contribution in [0.15, 0.2) is 24.5 Å². The zero-order chi connectivity index (χ0) is 14.7. The Labute approximate surface area is 112 Å². The van der Waals surface area contributed by atoms with Crippen molar-refractivity contribution < 1.29 is 19.8 Å². The van der Waals surface area contributed by atoms with Gasteiger partial charge in [0, 0.05) is 18.8 Å². The van der Waals surface area contributed by atoms with Gasteiger partial charge in [0.15, 0.2) is 0 Å². The Morgan fingerprint density at radius 2 is 2.05 bits per heavy atom. The predicted octanol–water partition coefficient (Wildman–Crippen LogP) is 0.863. The SMILES string of the molecule is Cn1ncnc1NC(=O)Nc1ccc(C(=O)O)c(O)c1. The molecule has 9 nitrogen and oxygen atoms in total. The molecular weight excluding hydrogens is 266 g/mol. The summed E-state index contributed by atoms with van der Waals surface area (Å²) in [5.41, 5.74) is -0.00331. The zero-order valence-corrected chi connectivity index (χ0v) is 10.4. The van der Waals surface area contributed by atoms with E-state index in [1.54, 1.807) is 7.05 Å². The highest BCUT2D eigenvalue weighted by atomic mass is 16.4. The van der Waals surface area contributed by atoms with E-state index in [-0.39, 0.29) is 17.2 Å². The number of hydrogen-bond donors (Lipinski definition) is 4. The largest absolute Gasteiger partial charge is 0.507 e. The number of aromatic hydroxyl groups is 1. The number of anilines is 2.